The molecule has 0 spiro atoms. The van der Waals surface area contributed by atoms with Gasteiger partial charge in [-0.15, -0.1) is 0 Å². The van der Waals surface area contributed by atoms with E-state index in [4.69, 9.17) is 23.2 Å². The van der Waals surface area contributed by atoms with Crippen LogP contribution in [0.15, 0.2) is 46.9 Å². The smallest absolute Gasteiger partial charge is 0.245 e. The largest absolute Gasteiger partial charge is 0.343 e. The minimum Gasteiger partial charge on any atom is -0.343 e. The van der Waals surface area contributed by atoms with Crippen LogP contribution < -0.4 is 10.6 Å². The molecule has 2 amide bonds. The van der Waals surface area contributed by atoms with Gasteiger partial charge in [0.15, 0.2) is 0 Å². The Labute approximate surface area is 213 Å². The van der Waals surface area contributed by atoms with E-state index in [0.717, 1.165) is 28.4 Å². The maximum Gasteiger partial charge on any atom is 0.245 e. The minimum atomic E-state index is -0.695. The topological polar surface area (TPSA) is 61.4 Å². The van der Waals surface area contributed by atoms with Crippen LogP contribution in [0.3, 0.4) is 0 Å². The molecular formula is C25H28BrCl2N3O2. The third-order valence-electron chi connectivity index (χ3n) is 6.80. The van der Waals surface area contributed by atoms with Crippen molar-refractivity contribution in [3.05, 3.63) is 68.1 Å². The van der Waals surface area contributed by atoms with Crippen LogP contribution in [0.2, 0.25) is 10.0 Å². The summed E-state index contributed by atoms with van der Waals surface area (Å²) in [5, 5.41) is 7.41. The summed E-state index contributed by atoms with van der Waals surface area (Å²) < 4.78 is 0.974. The predicted octanol–water partition coefficient (Wildman–Crippen LogP) is 4.73. The van der Waals surface area contributed by atoms with Gasteiger partial charge in [0.2, 0.25) is 11.8 Å². The molecule has 0 aromatic heterocycles. The van der Waals surface area contributed by atoms with E-state index in [-0.39, 0.29) is 11.8 Å². The predicted molar refractivity (Wildman–Crippen MR) is 136 cm³/mol. The van der Waals surface area contributed by atoms with Crippen molar-refractivity contribution in [3.8, 4) is 0 Å². The first-order valence-electron chi connectivity index (χ1n) is 11.3. The highest BCUT2D eigenvalue weighted by molar-refractivity contribution is 9.10. The molecule has 1 atom stereocenters. The van der Waals surface area contributed by atoms with Crippen molar-refractivity contribution in [1.29, 1.82) is 0 Å². The SMILES string of the molecule is CNC1CCN(C(=O)C(Cc2ccc(Br)cc2)NC(=O)C2(c3ccc(Cl)cc3Cl)CC2)CC1. The van der Waals surface area contributed by atoms with Crippen LogP contribution in [0, 0.1) is 0 Å². The van der Waals surface area contributed by atoms with Crippen LogP contribution in [0.1, 0.15) is 36.8 Å². The Morgan fingerprint density at radius 1 is 1.12 bits per heavy atom. The van der Waals surface area contributed by atoms with Gasteiger partial charge in [-0.3, -0.25) is 9.59 Å². The van der Waals surface area contributed by atoms with Gasteiger partial charge in [0.05, 0.1) is 5.41 Å². The number of carbonyl (C=O) groups excluding carboxylic acids is 2. The van der Waals surface area contributed by atoms with E-state index in [1.807, 2.05) is 42.3 Å². The lowest BCUT2D eigenvalue weighted by atomic mass is 9.93. The molecule has 1 saturated heterocycles. The third-order valence-corrected chi connectivity index (χ3v) is 7.88. The lowest BCUT2D eigenvalue weighted by Gasteiger charge is -2.34. The molecule has 2 aromatic rings. The summed E-state index contributed by atoms with van der Waals surface area (Å²) in [5.74, 6) is -0.175. The molecule has 2 aromatic carbocycles. The summed E-state index contributed by atoms with van der Waals surface area (Å²) in [5.41, 5.74) is 1.08. The summed E-state index contributed by atoms with van der Waals surface area (Å²) in [6.45, 7) is 1.37. The Hall–Kier alpha value is -1.60. The number of rotatable bonds is 7. The number of benzene rings is 2. The average molecular weight is 553 g/mol. The van der Waals surface area contributed by atoms with Gasteiger partial charge in [-0.1, -0.05) is 57.3 Å². The fraction of sp³-hybridized carbons (Fsp3) is 0.440. The Balaban J connectivity index is 1.54. The maximum absolute atomic E-state index is 13.5. The molecule has 8 heteroatoms. The van der Waals surface area contributed by atoms with Crippen LogP contribution in [0.4, 0.5) is 0 Å². The second-order valence-electron chi connectivity index (χ2n) is 8.95. The summed E-state index contributed by atoms with van der Waals surface area (Å²) in [4.78, 5) is 28.9. The van der Waals surface area contributed by atoms with Crippen LogP contribution >= 0.6 is 39.1 Å². The van der Waals surface area contributed by atoms with Crippen molar-refractivity contribution in [2.45, 2.75) is 49.6 Å². The molecule has 33 heavy (non-hydrogen) atoms. The quantitative estimate of drug-likeness (QED) is 0.522. The number of likely N-dealkylation sites (tertiary alicyclic amines) is 1. The Morgan fingerprint density at radius 3 is 2.36 bits per heavy atom. The molecule has 0 bridgehead atoms. The second-order valence-corrected chi connectivity index (χ2v) is 10.7. The number of amides is 2. The van der Waals surface area contributed by atoms with E-state index >= 15 is 0 Å². The number of halogens is 3. The standard InChI is InChI=1S/C25H28BrCl2N3O2/c1-29-19-8-12-31(13-9-19)23(32)22(14-16-2-4-17(26)5-3-16)30-24(33)25(10-11-25)20-7-6-18(27)15-21(20)28/h2-7,15,19,22,29H,8-14H2,1H3,(H,30,33). The first-order chi connectivity index (χ1) is 15.8. The lowest BCUT2D eigenvalue weighted by Crippen LogP contribution is -2.54. The number of carbonyl (C=O) groups is 2. The zero-order chi connectivity index (χ0) is 23.6. The Kier molecular flexibility index (Phi) is 7.69. The number of piperidine rings is 1. The van der Waals surface area contributed by atoms with E-state index in [9.17, 15) is 9.59 Å². The fourth-order valence-corrected chi connectivity index (χ4v) is 5.44. The molecule has 1 saturated carbocycles. The van der Waals surface area contributed by atoms with Crippen LogP contribution in [0.5, 0.6) is 0 Å². The van der Waals surface area contributed by atoms with E-state index in [1.165, 1.54) is 0 Å². The monoisotopic (exact) mass is 551 g/mol. The molecule has 2 fully saturated rings. The summed E-state index contributed by atoms with van der Waals surface area (Å²) in [6, 6.07) is 12.9. The zero-order valence-electron chi connectivity index (χ0n) is 18.5. The van der Waals surface area contributed by atoms with Crippen molar-refractivity contribution in [2.24, 2.45) is 0 Å². The highest BCUT2D eigenvalue weighted by atomic mass is 79.9. The molecule has 5 nitrogen and oxygen atoms in total. The van der Waals surface area contributed by atoms with Gasteiger partial charge in [-0.25, -0.2) is 0 Å². The Bertz CT molecular complexity index is 1020. The summed E-state index contributed by atoms with van der Waals surface area (Å²) in [6.07, 6.45) is 3.66. The van der Waals surface area contributed by atoms with Gasteiger partial charge in [-0.2, -0.15) is 0 Å². The number of hydrogen-bond donors (Lipinski definition) is 2. The zero-order valence-corrected chi connectivity index (χ0v) is 21.6. The van der Waals surface area contributed by atoms with Crippen molar-refractivity contribution >= 4 is 50.9 Å². The Morgan fingerprint density at radius 2 is 1.79 bits per heavy atom. The van der Waals surface area contributed by atoms with Crippen molar-refractivity contribution in [3.63, 3.8) is 0 Å². The molecule has 1 unspecified atom stereocenters. The first-order valence-corrected chi connectivity index (χ1v) is 12.8. The highest BCUT2D eigenvalue weighted by Gasteiger charge is 2.53. The minimum absolute atomic E-state index is 0.0289. The average Bonchev–Trinajstić information content (AvgIpc) is 3.61. The summed E-state index contributed by atoms with van der Waals surface area (Å²) in [7, 11) is 1.95. The molecule has 176 valence electrons. The van der Waals surface area contributed by atoms with Crippen molar-refractivity contribution in [1.82, 2.24) is 15.5 Å². The van der Waals surface area contributed by atoms with Gasteiger partial charge < -0.3 is 15.5 Å². The van der Waals surface area contributed by atoms with Gasteiger partial charge in [0, 0.05) is 40.1 Å². The van der Waals surface area contributed by atoms with E-state index in [2.05, 4.69) is 26.6 Å². The second kappa shape index (κ2) is 10.3. The van der Waals surface area contributed by atoms with Crippen LogP contribution in [-0.4, -0.2) is 48.9 Å². The van der Waals surface area contributed by atoms with Gasteiger partial charge in [0.25, 0.3) is 0 Å². The molecule has 1 aliphatic carbocycles. The number of nitrogens with zero attached hydrogens (tertiary/aromatic N) is 1. The fourth-order valence-electron chi connectivity index (χ4n) is 4.58. The lowest BCUT2D eigenvalue weighted by molar-refractivity contribution is -0.138. The van der Waals surface area contributed by atoms with E-state index in [0.29, 0.717) is 48.4 Å². The van der Waals surface area contributed by atoms with Crippen LogP contribution in [0.25, 0.3) is 0 Å². The first kappa shape index (κ1) is 24.5. The molecule has 1 heterocycles. The number of nitrogens with one attached hydrogen (secondary N) is 2. The van der Waals surface area contributed by atoms with E-state index in [1.54, 1.807) is 12.1 Å². The third kappa shape index (κ3) is 5.56. The number of hydrogen-bond acceptors (Lipinski definition) is 3. The van der Waals surface area contributed by atoms with Crippen LogP contribution in [-0.2, 0) is 21.4 Å². The summed E-state index contributed by atoms with van der Waals surface area (Å²) >= 11 is 16.0. The maximum atomic E-state index is 13.5. The molecular weight excluding hydrogens is 525 g/mol. The van der Waals surface area contributed by atoms with Crippen molar-refractivity contribution < 1.29 is 9.59 Å². The molecule has 2 N–H and O–H groups in total. The molecule has 0 radical (unpaired) electrons. The van der Waals surface area contributed by atoms with Gasteiger partial charge in [-0.05, 0) is 68.1 Å². The molecule has 2 aliphatic rings. The van der Waals surface area contributed by atoms with E-state index < -0.39 is 11.5 Å². The van der Waals surface area contributed by atoms with Gasteiger partial charge >= 0.3 is 0 Å². The molecule has 1 aliphatic heterocycles. The molecule has 4 rings (SSSR count). The normalized spacial score (nSPS) is 18.6. The van der Waals surface area contributed by atoms with Crippen molar-refractivity contribution in [2.75, 3.05) is 20.1 Å². The highest BCUT2D eigenvalue weighted by Crippen LogP contribution is 2.51. The van der Waals surface area contributed by atoms with Gasteiger partial charge in [0.1, 0.15) is 6.04 Å².